The summed E-state index contributed by atoms with van der Waals surface area (Å²) >= 11 is 0. The minimum absolute atomic E-state index is 0.217. The summed E-state index contributed by atoms with van der Waals surface area (Å²) in [5.74, 6) is 0.338. The van der Waals surface area contributed by atoms with E-state index in [4.69, 9.17) is 29.4 Å². The first-order valence-electron chi connectivity index (χ1n) is 6.41. The number of nitrogens with one attached hydrogen (secondary N) is 1. The third kappa shape index (κ3) is 9.10. The Morgan fingerprint density at radius 1 is 1.38 bits per heavy atom. The molecule has 9 nitrogen and oxygen atoms in total. The van der Waals surface area contributed by atoms with Crippen LogP contribution in [0.1, 0.15) is 0 Å². The quantitative estimate of drug-likeness (QED) is 0.504. The van der Waals surface area contributed by atoms with Gasteiger partial charge >= 0.3 is 5.69 Å². The highest BCUT2D eigenvalue weighted by molar-refractivity contribution is 5.22. The number of aromatic nitrogens is 2. The summed E-state index contributed by atoms with van der Waals surface area (Å²) < 4.78 is 25.3. The molecule has 3 N–H and O–H groups in total. The molecule has 1 aromatic rings. The van der Waals surface area contributed by atoms with Gasteiger partial charge in [-0.2, -0.15) is 0 Å². The Kier molecular flexibility index (Phi) is 9.33. The lowest BCUT2D eigenvalue weighted by molar-refractivity contribution is -0.137. The Morgan fingerprint density at radius 2 is 2.14 bits per heavy atom. The third-order valence-electron chi connectivity index (χ3n) is 2.24. The highest BCUT2D eigenvalue weighted by Gasteiger charge is 2.15. The van der Waals surface area contributed by atoms with Crippen LogP contribution in [-0.2, 0) is 23.7 Å². The molecule has 1 aromatic heterocycles. The van der Waals surface area contributed by atoms with Crippen molar-refractivity contribution < 1.29 is 23.7 Å². The van der Waals surface area contributed by atoms with E-state index in [1.165, 1.54) is 12.3 Å². The van der Waals surface area contributed by atoms with Crippen LogP contribution in [0.3, 0.4) is 0 Å². The maximum atomic E-state index is 10.2. The maximum absolute atomic E-state index is 10.2. The fourth-order valence-corrected chi connectivity index (χ4v) is 1.29. The lowest BCUT2D eigenvalue weighted by Gasteiger charge is -2.09. The summed E-state index contributed by atoms with van der Waals surface area (Å²) in [6.45, 7) is 3.11. The number of aromatic amines is 1. The number of nitrogen functional groups attached to an aromatic ring is 1. The van der Waals surface area contributed by atoms with Crippen molar-refractivity contribution in [2.24, 2.45) is 0 Å². The van der Waals surface area contributed by atoms with Gasteiger partial charge in [0.05, 0.1) is 26.4 Å². The van der Waals surface area contributed by atoms with Gasteiger partial charge in [0.25, 0.3) is 0 Å². The van der Waals surface area contributed by atoms with Gasteiger partial charge in [-0.15, -0.1) is 0 Å². The fourth-order valence-electron chi connectivity index (χ4n) is 1.29. The molecular weight excluding hydrogens is 282 g/mol. The topological polar surface area (TPSA) is 118 Å². The van der Waals surface area contributed by atoms with Crippen molar-refractivity contribution in [3.63, 3.8) is 0 Å². The predicted molar refractivity (Wildman–Crippen MR) is 73.6 cm³/mol. The molecule has 1 saturated heterocycles. The molecule has 0 aliphatic carbocycles. The van der Waals surface area contributed by atoms with Gasteiger partial charge in [0, 0.05) is 13.3 Å². The summed E-state index contributed by atoms with van der Waals surface area (Å²) in [7, 11) is 1.63. The van der Waals surface area contributed by atoms with Crippen LogP contribution in [0.4, 0.5) is 5.82 Å². The number of hydrogen-bond acceptors (Lipinski definition) is 8. The largest absolute Gasteiger partial charge is 0.385 e. The molecule has 21 heavy (non-hydrogen) atoms. The molecule has 1 aliphatic rings. The van der Waals surface area contributed by atoms with Crippen LogP contribution in [0.25, 0.3) is 0 Å². The molecule has 2 heterocycles. The van der Waals surface area contributed by atoms with Crippen LogP contribution in [0, 0.1) is 0 Å². The summed E-state index contributed by atoms with van der Waals surface area (Å²) in [5.41, 5.74) is 4.75. The predicted octanol–water partition coefficient (Wildman–Crippen LogP) is -0.651. The number of rotatable bonds is 7. The molecule has 0 atom stereocenters. The second-order valence-corrected chi connectivity index (χ2v) is 3.89. The summed E-state index contributed by atoms with van der Waals surface area (Å²) in [6, 6.07) is 1.52. The average Bonchev–Trinajstić information content (AvgIpc) is 2.96. The first-order chi connectivity index (χ1) is 10.2. The molecular formula is C12H21N3O6. The Balaban J connectivity index is 0.000000235. The van der Waals surface area contributed by atoms with Crippen LogP contribution in [0.2, 0.25) is 0 Å². The molecule has 0 unspecified atom stereocenters. The van der Waals surface area contributed by atoms with E-state index in [1.807, 2.05) is 0 Å². The first kappa shape index (κ1) is 17.5. The lowest BCUT2D eigenvalue weighted by Crippen LogP contribution is -2.18. The van der Waals surface area contributed by atoms with E-state index in [1.54, 1.807) is 7.11 Å². The van der Waals surface area contributed by atoms with Crippen molar-refractivity contribution in [3.8, 4) is 0 Å². The van der Waals surface area contributed by atoms with Crippen LogP contribution in [-0.4, -0.2) is 63.2 Å². The molecule has 0 spiro atoms. The highest BCUT2D eigenvalue weighted by atomic mass is 16.7. The van der Waals surface area contributed by atoms with Crippen LogP contribution < -0.4 is 11.4 Å². The number of methoxy groups -OCH3 is 1. The monoisotopic (exact) mass is 303 g/mol. The number of anilines is 1. The van der Waals surface area contributed by atoms with Crippen LogP contribution in [0.15, 0.2) is 17.1 Å². The summed E-state index contributed by atoms with van der Waals surface area (Å²) in [6.07, 6.45) is 1.14. The molecule has 1 fully saturated rings. The Bertz CT molecular complexity index is 421. The standard InChI is InChI=1S/C8H16O5.C4H5N3O/c1-9-2-3-10-7-11-6-8-12-4-5-13-8;5-3-1-2-6-4(8)7-3/h8H,2-7H2,1H3;1-2H,(H3,5,6,7,8). The zero-order valence-corrected chi connectivity index (χ0v) is 11.9. The number of H-pyrrole nitrogens is 1. The minimum atomic E-state index is -0.412. The molecule has 1 aliphatic heterocycles. The molecule has 2 rings (SSSR count). The van der Waals surface area contributed by atoms with Crippen molar-refractivity contribution in [3.05, 3.63) is 22.7 Å². The molecule has 0 amide bonds. The molecule has 0 radical (unpaired) electrons. The molecule has 120 valence electrons. The Labute approximate surface area is 122 Å². The number of ether oxygens (including phenoxy) is 5. The van der Waals surface area contributed by atoms with Crippen molar-refractivity contribution in [1.29, 1.82) is 0 Å². The molecule has 0 aromatic carbocycles. The van der Waals surface area contributed by atoms with Gasteiger partial charge in [-0.1, -0.05) is 0 Å². The highest BCUT2D eigenvalue weighted by Crippen LogP contribution is 2.03. The van der Waals surface area contributed by atoms with E-state index in [0.717, 1.165) is 0 Å². The smallest absolute Gasteiger partial charge is 0.346 e. The normalized spacial score (nSPS) is 14.7. The van der Waals surface area contributed by atoms with Crippen molar-refractivity contribution in [1.82, 2.24) is 9.97 Å². The molecule has 0 saturated carbocycles. The first-order valence-corrected chi connectivity index (χ1v) is 6.41. The van der Waals surface area contributed by atoms with Gasteiger partial charge in [-0.3, -0.25) is 4.98 Å². The second-order valence-electron chi connectivity index (χ2n) is 3.89. The third-order valence-corrected chi connectivity index (χ3v) is 2.24. The van der Waals surface area contributed by atoms with E-state index >= 15 is 0 Å². The average molecular weight is 303 g/mol. The van der Waals surface area contributed by atoms with Crippen molar-refractivity contribution in [2.45, 2.75) is 6.29 Å². The number of nitrogens with two attached hydrogens (primary N) is 1. The van der Waals surface area contributed by atoms with Gasteiger partial charge in [0.2, 0.25) is 0 Å². The second kappa shape index (κ2) is 11.2. The van der Waals surface area contributed by atoms with Gasteiger partial charge in [0.15, 0.2) is 6.29 Å². The SMILES string of the molecule is COCCOCOCC1OCCO1.Nc1ccnc(=O)[nH]1. The van der Waals surface area contributed by atoms with E-state index in [2.05, 4.69) is 9.97 Å². The van der Waals surface area contributed by atoms with E-state index in [9.17, 15) is 4.79 Å². The maximum Gasteiger partial charge on any atom is 0.346 e. The van der Waals surface area contributed by atoms with Crippen molar-refractivity contribution in [2.75, 3.05) is 52.7 Å². The fraction of sp³-hybridized carbons (Fsp3) is 0.667. The zero-order chi connectivity index (χ0) is 15.3. The lowest BCUT2D eigenvalue weighted by atomic mass is 10.6. The van der Waals surface area contributed by atoms with Crippen molar-refractivity contribution >= 4 is 5.82 Å². The Morgan fingerprint density at radius 3 is 2.71 bits per heavy atom. The summed E-state index contributed by atoms with van der Waals surface area (Å²) in [5, 5.41) is 0. The molecule has 0 bridgehead atoms. The van der Waals surface area contributed by atoms with Gasteiger partial charge in [-0.05, 0) is 6.07 Å². The zero-order valence-electron chi connectivity index (χ0n) is 11.9. The molecule has 9 heteroatoms. The van der Waals surface area contributed by atoms with E-state index in [-0.39, 0.29) is 13.1 Å². The number of nitrogens with zero attached hydrogens (tertiary/aromatic N) is 1. The van der Waals surface area contributed by atoms with Gasteiger partial charge < -0.3 is 29.4 Å². The van der Waals surface area contributed by atoms with Gasteiger partial charge in [0.1, 0.15) is 19.2 Å². The van der Waals surface area contributed by atoms with Crippen LogP contribution >= 0.6 is 0 Å². The van der Waals surface area contributed by atoms with E-state index < -0.39 is 5.69 Å². The van der Waals surface area contributed by atoms with E-state index in [0.29, 0.717) is 38.9 Å². The van der Waals surface area contributed by atoms with Crippen LogP contribution in [0.5, 0.6) is 0 Å². The number of hydrogen-bond donors (Lipinski definition) is 2. The summed E-state index contributed by atoms with van der Waals surface area (Å²) in [4.78, 5) is 15.9. The van der Waals surface area contributed by atoms with Gasteiger partial charge in [-0.25, -0.2) is 9.78 Å². The minimum Gasteiger partial charge on any atom is -0.385 e. The Hall–Kier alpha value is -1.52.